The van der Waals surface area contributed by atoms with Crippen molar-refractivity contribution in [3.8, 4) is 39.5 Å². The van der Waals surface area contributed by atoms with E-state index in [1.54, 1.807) is 13.3 Å². The normalized spacial score (nSPS) is 14.7. The lowest BCUT2D eigenvalue weighted by Gasteiger charge is -2.15. The Balaban J connectivity index is 1.27. The van der Waals surface area contributed by atoms with Crippen LogP contribution in [0.2, 0.25) is 10.0 Å². The quantitative estimate of drug-likeness (QED) is 0.160. The number of aromatic nitrogens is 4. The van der Waals surface area contributed by atoms with Gasteiger partial charge in [-0.05, 0) is 31.7 Å². The number of likely N-dealkylation sites (N-methyl/N-ethyl adjacent to an activating group) is 1. The Morgan fingerprint density at radius 1 is 1.11 bits per heavy atom. The molecule has 2 aromatic carbocycles. The molecule has 5 aromatic rings. The predicted octanol–water partition coefficient (Wildman–Crippen LogP) is 5.47. The molecule has 0 radical (unpaired) electrons. The molecule has 4 heterocycles. The molecule has 0 aliphatic carbocycles. The van der Waals surface area contributed by atoms with Gasteiger partial charge in [-0.1, -0.05) is 59.6 Å². The van der Waals surface area contributed by atoms with Gasteiger partial charge in [0.2, 0.25) is 11.8 Å². The number of methoxy groups -OCH3 is 1. The second kappa shape index (κ2) is 14.4. The molecule has 1 saturated heterocycles. The highest BCUT2D eigenvalue weighted by Gasteiger charge is 2.21. The van der Waals surface area contributed by atoms with Gasteiger partial charge in [0.1, 0.15) is 0 Å². The minimum Gasteiger partial charge on any atom is -0.481 e. The van der Waals surface area contributed by atoms with Gasteiger partial charge in [0.15, 0.2) is 0 Å². The zero-order valence-corrected chi connectivity index (χ0v) is 28.1. The third kappa shape index (κ3) is 6.97. The molecule has 6 rings (SSSR count). The summed E-state index contributed by atoms with van der Waals surface area (Å²) in [6.07, 6.45) is 3.15. The van der Waals surface area contributed by atoms with Crippen LogP contribution >= 0.6 is 23.2 Å². The molecule has 10 nitrogen and oxygen atoms in total. The summed E-state index contributed by atoms with van der Waals surface area (Å²) in [6.45, 7) is 2.53. The lowest BCUT2D eigenvalue weighted by Crippen LogP contribution is -2.35. The van der Waals surface area contributed by atoms with Gasteiger partial charge in [-0.15, -0.1) is 0 Å². The third-order valence-corrected chi connectivity index (χ3v) is 9.27. The van der Waals surface area contributed by atoms with Crippen LogP contribution in [-0.4, -0.2) is 75.6 Å². The Morgan fingerprint density at radius 2 is 1.91 bits per heavy atom. The maximum absolute atomic E-state index is 11.5. The highest BCUT2D eigenvalue weighted by molar-refractivity contribution is 6.39. The van der Waals surface area contributed by atoms with Crippen LogP contribution in [0.3, 0.4) is 0 Å². The molecule has 3 N–H and O–H groups in total. The van der Waals surface area contributed by atoms with Crippen LogP contribution in [0, 0.1) is 0 Å². The van der Waals surface area contributed by atoms with E-state index in [0.717, 1.165) is 50.8 Å². The van der Waals surface area contributed by atoms with E-state index in [0.29, 0.717) is 59.9 Å². The Morgan fingerprint density at radius 3 is 2.68 bits per heavy atom. The van der Waals surface area contributed by atoms with E-state index in [-0.39, 0.29) is 18.6 Å². The van der Waals surface area contributed by atoms with E-state index in [1.807, 2.05) is 78.3 Å². The molecule has 1 aliphatic rings. The van der Waals surface area contributed by atoms with Gasteiger partial charge in [0.25, 0.3) is 0 Å². The number of aliphatic hydroxyl groups is 1. The number of hydrogen-bond acceptors (Lipinski definition) is 8. The molecule has 1 fully saturated rings. The van der Waals surface area contributed by atoms with E-state index in [1.165, 1.54) is 0 Å². The maximum Gasteiger partial charge on any atom is 0.220 e. The molecule has 0 bridgehead atoms. The van der Waals surface area contributed by atoms with Crippen molar-refractivity contribution in [1.82, 2.24) is 35.3 Å². The molecule has 1 atom stereocenters. The first kappa shape index (κ1) is 32.9. The molecular formula is C35H37Cl2N7O3. The first-order valence-corrected chi connectivity index (χ1v) is 16.3. The van der Waals surface area contributed by atoms with E-state index in [9.17, 15) is 9.90 Å². The minimum atomic E-state index is 0.0949. The fourth-order valence-corrected chi connectivity index (χ4v) is 6.68. The number of rotatable bonds is 12. The number of nitrogens with one attached hydrogen (secondary N) is 2. The Hall–Kier alpha value is -4.06. The molecular weight excluding hydrogens is 637 g/mol. The Kier molecular flexibility index (Phi) is 10.0. The van der Waals surface area contributed by atoms with E-state index < -0.39 is 0 Å². The van der Waals surface area contributed by atoms with Crippen LogP contribution < -0.4 is 15.4 Å². The van der Waals surface area contributed by atoms with Crippen molar-refractivity contribution in [3.05, 3.63) is 82.1 Å². The second-order valence-electron chi connectivity index (χ2n) is 11.8. The van der Waals surface area contributed by atoms with Crippen molar-refractivity contribution >= 4 is 40.0 Å². The summed E-state index contributed by atoms with van der Waals surface area (Å²) in [5.74, 6) is 0.605. The number of carbonyl (C=O) groups is 1. The smallest absolute Gasteiger partial charge is 0.220 e. The topological polar surface area (TPSA) is 117 Å². The number of nitrogens with zero attached hydrogens (tertiary/aromatic N) is 5. The van der Waals surface area contributed by atoms with Gasteiger partial charge < -0.3 is 20.5 Å². The van der Waals surface area contributed by atoms with E-state index in [2.05, 4.69) is 15.6 Å². The summed E-state index contributed by atoms with van der Waals surface area (Å²) in [5.41, 5.74) is 7.25. The van der Waals surface area contributed by atoms with E-state index >= 15 is 0 Å². The zero-order chi connectivity index (χ0) is 33.1. The van der Waals surface area contributed by atoms with Crippen LogP contribution in [0.5, 0.6) is 5.88 Å². The molecule has 1 amide bonds. The summed E-state index contributed by atoms with van der Waals surface area (Å²) in [6, 6.07) is 17.8. The second-order valence-corrected chi connectivity index (χ2v) is 12.5. The lowest BCUT2D eigenvalue weighted by atomic mass is 9.99. The van der Waals surface area contributed by atoms with Gasteiger partial charge in [-0.25, -0.2) is 4.98 Å². The van der Waals surface area contributed by atoms with Crippen LogP contribution in [0.25, 0.3) is 44.5 Å². The number of pyridine rings is 2. The average Bonchev–Trinajstić information content (AvgIpc) is 3.62. The number of carbonyl (C=O) groups excluding carboxylic acids is 1. The number of amides is 1. The van der Waals surface area contributed by atoms with Crippen LogP contribution in [0.15, 0.2) is 60.8 Å². The van der Waals surface area contributed by atoms with Crippen LogP contribution in [0.1, 0.15) is 24.1 Å². The Bertz CT molecular complexity index is 1930. The number of fused-ring (bicyclic) bond motifs is 1. The standard InChI is InChI=1S/C35H37Cl2N7O3/c1-43(15-16-45)20-29-26-10-7-21(17-30(26)44(2)42-29)34-33(37)25(13-14-39-34)24-5-4-6-27(32(24)36)28-11-8-22(35(41-28)47-3)18-38-19-23-9-12-31(46)40-23/h4-8,10-11,13-14,17,23,38,45H,9,12,15-16,18-20H2,1-3H3,(H,40,46). The van der Waals surface area contributed by atoms with Gasteiger partial charge in [0, 0.05) is 85.1 Å². The molecule has 47 heavy (non-hydrogen) atoms. The summed E-state index contributed by atoms with van der Waals surface area (Å²) in [7, 11) is 5.48. The van der Waals surface area contributed by atoms with Crippen LogP contribution in [-0.2, 0) is 24.9 Å². The Labute approximate surface area is 283 Å². The summed E-state index contributed by atoms with van der Waals surface area (Å²) >= 11 is 14.2. The number of hydrogen-bond donors (Lipinski definition) is 3. The van der Waals surface area contributed by atoms with Gasteiger partial charge in [-0.2, -0.15) is 5.10 Å². The van der Waals surface area contributed by atoms with Crippen molar-refractivity contribution in [1.29, 1.82) is 0 Å². The zero-order valence-electron chi connectivity index (χ0n) is 26.6. The molecule has 1 unspecified atom stereocenters. The van der Waals surface area contributed by atoms with Gasteiger partial charge in [0.05, 0.1) is 46.4 Å². The average molecular weight is 675 g/mol. The number of aryl methyl sites for hydroxylation is 1. The van der Waals surface area contributed by atoms with Crippen molar-refractivity contribution in [2.75, 3.05) is 33.9 Å². The van der Waals surface area contributed by atoms with Crippen molar-refractivity contribution in [2.24, 2.45) is 7.05 Å². The molecule has 3 aromatic heterocycles. The van der Waals surface area contributed by atoms with Crippen molar-refractivity contribution < 1.29 is 14.6 Å². The van der Waals surface area contributed by atoms with Gasteiger partial charge in [-0.3, -0.25) is 19.4 Å². The predicted molar refractivity (Wildman–Crippen MR) is 185 cm³/mol. The molecule has 244 valence electrons. The summed E-state index contributed by atoms with van der Waals surface area (Å²) in [4.78, 5) is 23.0. The number of benzene rings is 2. The summed E-state index contributed by atoms with van der Waals surface area (Å²) in [5, 5.41) is 22.4. The molecule has 12 heteroatoms. The fraction of sp³-hybridized carbons (Fsp3) is 0.314. The number of aliphatic hydroxyl groups excluding tert-OH is 1. The monoisotopic (exact) mass is 673 g/mol. The SMILES string of the molecule is COc1nc(-c2cccc(-c3ccnc(-c4ccc5c(CN(C)CCO)nn(C)c5c4)c3Cl)c2Cl)ccc1CNCC1CCC(=O)N1. The lowest BCUT2D eigenvalue weighted by molar-refractivity contribution is -0.119. The first-order chi connectivity index (χ1) is 22.8. The largest absolute Gasteiger partial charge is 0.481 e. The number of ether oxygens (including phenoxy) is 1. The van der Waals surface area contributed by atoms with Crippen molar-refractivity contribution in [2.45, 2.75) is 32.0 Å². The maximum atomic E-state index is 11.5. The molecule has 1 aliphatic heterocycles. The first-order valence-electron chi connectivity index (χ1n) is 15.5. The van der Waals surface area contributed by atoms with Gasteiger partial charge >= 0.3 is 0 Å². The summed E-state index contributed by atoms with van der Waals surface area (Å²) < 4.78 is 7.50. The van der Waals surface area contributed by atoms with E-state index in [4.69, 9.17) is 38.0 Å². The number of halogens is 2. The molecule has 0 spiro atoms. The highest BCUT2D eigenvalue weighted by Crippen LogP contribution is 2.42. The minimum absolute atomic E-state index is 0.0949. The molecule has 0 saturated carbocycles. The third-order valence-electron chi connectivity index (χ3n) is 8.48. The van der Waals surface area contributed by atoms with Crippen LogP contribution in [0.4, 0.5) is 0 Å². The van der Waals surface area contributed by atoms with Crippen molar-refractivity contribution in [3.63, 3.8) is 0 Å². The fourth-order valence-electron chi connectivity index (χ4n) is 6.03. The highest BCUT2D eigenvalue weighted by atomic mass is 35.5.